The fourth-order valence-electron chi connectivity index (χ4n) is 5.64. The number of aldehydes is 1. The van der Waals surface area contributed by atoms with Crippen molar-refractivity contribution >= 4 is 12.3 Å². The summed E-state index contributed by atoms with van der Waals surface area (Å²) >= 11 is 0. The predicted octanol–water partition coefficient (Wildman–Crippen LogP) is 3.91. The number of ether oxygens (including phenoxy) is 4. The first-order valence-corrected chi connectivity index (χ1v) is 13.7. The lowest BCUT2D eigenvalue weighted by Gasteiger charge is -2.40. The number of rotatable bonds is 6. The van der Waals surface area contributed by atoms with Crippen molar-refractivity contribution in [3.05, 3.63) is 24.3 Å². The lowest BCUT2D eigenvalue weighted by atomic mass is 9.78. The van der Waals surface area contributed by atoms with Crippen LogP contribution in [0.4, 0.5) is 0 Å². The van der Waals surface area contributed by atoms with Gasteiger partial charge < -0.3 is 33.7 Å². The Bertz CT molecular complexity index is 755. The van der Waals surface area contributed by atoms with Crippen LogP contribution in [-0.2, 0) is 28.5 Å². The van der Waals surface area contributed by atoms with Crippen LogP contribution < -0.4 is 0 Å². The quantitative estimate of drug-likeness (QED) is 0.414. The summed E-state index contributed by atoms with van der Waals surface area (Å²) in [6, 6.07) is 0.360. The second kappa shape index (κ2) is 15.7. The second-order valence-corrected chi connectivity index (χ2v) is 11.0. The molecule has 0 aromatic heterocycles. The predicted molar refractivity (Wildman–Crippen MR) is 143 cm³/mol. The first kappa shape index (κ1) is 31.6. The molecule has 1 saturated heterocycles. The summed E-state index contributed by atoms with van der Waals surface area (Å²) in [6.07, 6.45) is 9.67. The topological polar surface area (TPSA) is 94.5 Å². The van der Waals surface area contributed by atoms with Crippen molar-refractivity contribution in [2.75, 3.05) is 21.2 Å². The molecule has 0 amide bonds. The molecular weight excluding hydrogens is 474 g/mol. The van der Waals surface area contributed by atoms with Gasteiger partial charge in [-0.25, -0.2) is 0 Å². The largest absolute Gasteiger partial charge is 0.462 e. The van der Waals surface area contributed by atoms with E-state index in [-0.39, 0.29) is 48.8 Å². The summed E-state index contributed by atoms with van der Waals surface area (Å²) in [7, 11) is 5.68. The number of likely N-dealkylation sites (N-methyl/N-ethyl adjacent to an activating group) is 1. The van der Waals surface area contributed by atoms with E-state index in [1.165, 1.54) is 7.11 Å². The van der Waals surface area contributed by atoms with Crippen LogP contribution in [0.2, 0.25) is 0 Å². The number of hydrogen-bond acceptors (Lipinski definition) is 8. The van der Waals surface area contributed by atoms with Crippen LogP contribution >= 0.6 is 0 Å². The van der Waals surface area contributed by atoms with E-state index in [1.54, 1.807) is 0 Å². The number of esters is 1. The Labute approximate surface area is 223 Å². The van der Waals surface area contributed by atoms with Gasteiger partial charge in [-0.05, 0) is 65.0 Å². The summed E-state index contributed by atoms with van der Waals surface area (Å²) in [5, 5.41) is 10.8. The van der Waals surface area contributed by atoms with Crippen LogP contribution in [0.5, 0.6) is 0 Å². The van der Waals surface area contributed by atoms with E-state index in [4.69, 9.17) is 18.9 Å². The molecule has 2 heterocycles. The molecule has 8 heteroatoms. The average molecular weight is 524 g/mol. The molecule has 10 atom stereocenters. The van der Waals surface area contributed by atoms with Gasteiger partial charge in [0.05, 0.1) is 30.8 Å². The third-order valence-electron chi connectivity index (χ3n) is 7.85. The van der Waals surface area contributed by atoms with Crippen LogP contribution in [0, 0.1) is 17.8 Å². The van der Waals surface area contributed by atoms with E-state index in [0.29, 0.717) is 25.3 Å². The van der Waals surface area contributed by atoms with E-state index >= 15 is 0 Å². The van der Waals surface area contributed by atoms with Crippen molar-refractivity contribution in [2.45, 2.75) is 109 Å². The lowest BCUT2D eigenvalue weighted by Crippen LogP contribution is -2.46. The number of aliphatic hydroxyl groups is 1. The Balaban J connectivity index is 2.27. The van der Waals surface area contributed by atoms with Crippen molar-refractivity contribution in [2.24, 2.45) is 17.8 Å². The number of nitrogens with zero attached hydrogens (tertiary/aromatic N) is 1. The molecule has 212 valence electrons. The summed E-state index contributed by atoms with van der Waals surface area (Å²) in [6.45, 7) is 8.01. The third kappa shape index (κ3) is 9.91. The van der Waals surface area contributed by atoms with Crippen molar-refractivity contribution in [3.63, 3.8) is 0 Å². The lowest BCUT2D eigenvalue weighted by molar-refractivity contribution is -0.224. The number of aliphatic hydroxyl groups excluding tert-OH is 1. The van der Waals surface area contributed by atoms with Crippen LogP contribution in [0.3, 0.4) is 0 Å². The molecule has 0 radical (unpaired) electrons. The van der Waals surface area contributed by atoms with E-state index < -0.39 is 18.2 Å². The minimum Gasteiger partial charge on any atom is -0.462 e. The smallest absolute Gasteiger partial charge is 0.308 e. The van der Waals surface area contributed by atoms with Gasteiger partial charge in [0.1, 0.15) is 12.4 Å². The zero-order valence-corrected chi connectivity index (χ0v) is 23.7. The monoisotopic (exact) mass is 523 g/mol. The van der Waals surface area contributed by atoms with Crippen molar-refractivity contribution in [3.8, 4) is 0 Å². The standard InChI is InChI=1S/C29H49NO7/c1-19-17-23(15-16-31)21(3)29(34-7)25(32)18-27(33)35-20(2)11-9-8-10-12-26(19)37-28-14-13-24(30(5)6)22(4)36-28/h8-10,12,16,19-26,28-29,32H,11,13-15,17-18H2,1-7H3. The fourth-order valence-corrected chi connectivity index (χ4v) is 5.64. The normalized spacial score (nSPS) is 38.9. The zero-order valence-electron chi connectivity index (χ0n) is 23.7. The first-order chi connectivity index (χ1) is 17.6. The van der Waals surface area contributed by atoms with Gasteiger partial charge in [0, 0.05) is 26.0 Å². The molecule has 0 aromatic rings. The van der Waals surface area contributed by atoms with E-state index in [0.717, 1.165) is 19.1 Å². The molecular formula is C29H49NO7. The SMILES string of the molecule is COC1C(O)CC(=O)OC(C)CC=CC=CC(OC2CCC(N(C)C)C(C)O2)C(C)CC(CC=O)C1C. The average Bonchev–Trinajstić information content (AvgIpc) is 2.82. The number of allylic oxidation sites excluding steroid dienone is 2. The van der Waals surface area contributed by atoms with Crippen LogP contribution in [0.15, 0.2) is 24.3 Å². The minimum absolute atomic E-state index is 0.0608. The third-order valence-corrected chi connectivity index (χ3v) is 7.85. The molecule has 8 nitrogen and oxygen atoms in total. The molecule has 1 fully saturated rings. The van der Waals surface area contributed by atoms with Crippen LogP contribution in [-0.4, -0.2) is 86.3 Å². The van der Waals surface area contributed by atoms with Gasteiger partial charge in [-0.3, -0.25) is 4.79 Å². The van der Waals surface area contributed by atoms with Gasteiger partial charge in [0.15, 0.2) is 6.29 Å². The molecule has 2 rings (SSSR count). The fraction of sp³-hybridized carbons (Fsp3) is 0.793. The van der Waals surface area contributed by atoms with Gasteiger partial charge >= 0.3 is 5.97 Å². The number of carbonyl (C=O) groups excluding carboxylic acids is 2. The molecule has 0 aliphatic carbocycles. The van der Waals surface area contributed by atoms with Gasteiger partial charge in [-0.15, -0.1) is 0 Å². The molecule has 37 heavy (non-hydrogen) atoms. The summed E-state index contributed by atoms with van der Waals surface area (Å²) in [5.74, 6) is -0.609. The molecule has 0 bridgehead atoms. The highest BCUT2D eigenvalue weighted by Crippen LogP contribution is 2.33. The van der Waals surface area contributed by atoms with Crippen molar-refractivity contribution in [1.82, 2.24) is 4.90 Å². The summed E-state index contributed by atoms with van der Waals surface area (Å²) in [5.41, 5.74) is 0. The number of carbonyl (C=O) groups is 2. The summed E-state index contributed by atoms with van der Waals surface area (Å²) < 4.78 is 23.9. The number of hydrogen-bond donors (Lipinski definition) is 1. The number of methoxy groups -OCH3 is 1. The van der Waals surface area contributed by atoms with E-state index in [9.17, 15) is 14.7 Å². The maximum atomic E-state index is 12.4. The van der Waals surface area contributed by atoms with Gasteiger partial charge in [-0.2, -0.15) is 0 Å². The highest BCUT2D eigenvalue weighted by atomic mass is 16.7. The highest BCUT2D eigenvalue weighted by molar-refractivity contribution is 5.70. The highest BCUT2D eigenvalue weighted by Gasteiger charge is 2.36. The van der Waals surface area contributed by atoms with Crippen molar-refractivity contribution < 1.29 is 33.6 Å². The summed E-state index contributed by atoms with van der Waals surface area (Å²) in [4.78, 5) is 26.2. The Morgan fingerprint density at radius 3 is 2.51 bits per heavy atom. The van der Waals surface area contributed by atoms with E-state index in [2.05, 4.69) is 32.8 Å². The van der Waals surface area contributed by atoms with Gasteiger partial charge in [-0.1, -0.05) is 38.2 Å². The van der Waals surface area contributed by atoms with E-state index in [1.807, 2.05) is 38.2 Å². The Morgan fingerprint density at radius 1 is 1.16 bits per heavy atom. The molecule has 0 spiro atoms. The molecule has 0 aromatic carbocycles. The Morgan fingerprint density at radius 2 is 1.89 bits per heavy atom. The van der Waals surface area contributed by atoms with Gasteiger partial charge in [0.2, 0.25) is 0 Å². The van der Waals surface area contributed by atoms with Crippen LogP contribution in [0.25, 0.3) is 0 Å². The van der Waals surface area contributed by atoms with Crippen molar-refractivity contribution in [1.29, 1.82) is 0 Å². The Kier molecular flexibility index (Phi) is 13.5. The zero-order chi connectivity index (χ0) is 27.5. The molecule has 2 aliphatic rings. The van der Waals surface area contributed by atoms with Gasteiger partial charge in [0.25, 0.3) is 0 Å². The maximum Gasteiger partial charge on any atom is 0.308 e. The molecule has 0 saturated carbocycles. The Hall–Kier alpha value is -1.58. The van der Waals surface area contributed by atoms with Crippen LogP contribution in [0.1, 0.15) is 66.2 Å². The molecule has 1 N–H and O–H groups in total. The second-order valence-electron chi connectivity index (χ2n) is 11.0. The minimum atomic E-state index is -1.03. The molecule has 2 aliphatic heterocycles. The molecule has 10 unspecified atom stereocenters. The number of cyclic esters (lactones) is 1. The first-order valence-electron chi connectivity index (χ1n) is 13.7. The maximum absolute atomic E-state index is 12.4.